The van der Waals surface area contributed by atoms with Crippen molar-refractivity contribution in [3.05, 3.63) is 98.7 Å². The van der Waals surface area contributed by atoms with Crippen LogP contribution in [0.4, 0.5) is 15.8 Å². The third-order valence-corrected chi connectivity index (χ3v) is 5.89. The minimum atomic E-state index is -0.335. The number of anilines is 2. The molecule has 2 heterocycles. The average Bonchev–Trinajstić information content (AvgIpc) is 3.18. The molecule has 0 aliphatic heterocycles. The Hall–Kier alpha value is -3.26. The second-order valence-electron chi connectivity index (χ2n) is 7.40. The van der Waals surface area contributed by atoms with Crippen LogP contribution in [0, 0.1) is 19.7 Å². The molecule has 6 nitrogen and oxygen atoms in total. The van der Waals surface area contributed by atoms with Crippen LogP contribution >= 0.6 is 15.9 Å². The number of nitrogens with zero attached hydrogens (tertiary/aromatic N) is 4. The van der Waals surface area contributed by atoms with Crippen LogP contribution in [0.2, 0.25) is 0 Å². The summed E-state index contributed by atoms with van der Waals surface area (Å²) in [6, 6.07) is 11.7. The van der Waals surface area contributed by atoms with E-state index in [9.17, 15) is 9.18 Å². The number of halogens is 2. The number of aryl methyl sites for hydroxylation is 2. The fourth-order valence-electron chi connectivity index (χ4n) is 3.42. The van der Waals surface area contributed by atoms with Crippen molar-refractivity contribution in [2.24, 2.45) is 0 Å². The number of nitrogens with one attached hydrogen (secondary N) is 1. The van der Waals surface area contributed by atoms with Gasteiger partial charge in [-0.05, 0) is 78.2 Å². The van der Waals surface area contributed by atoms with Crippen molar-refractivity contribution in [1.82, 2.24) is 19.3 Å². The number of hydrogen-bond acceptors (Lipinski definition) is 4. The number of benzene rings is 2. The lowest BCUT2D eigenvalue weighted by atomic mass is 10.1. The summed E-state index contributed by atoms with van der Waals surface area (Å²) < 4.78 is 16.9. The van der Waals surface area contributed by atoms with Gasteiger partial charge in [0.05, 0.1) is 29.9 Å². The second kappa shape index (κ2) is 8.47. The lowest BCUT2D eigenvalue weighted by molar-refractivity contribution is 0.528. The van der Waals surface area contributed by atoms with E-state index in [1.165, 1.54) is 16.8 Å². The first-order valence-electron chi connectivity index (χ1n) is 9.75. The number of aromatic nitrogens is 4. The molecular formula is C23H21BrFN5O. The summed E-state index contributed by atoms with van der Waals surface area (Å²) in [6.07, 6.45) is 5.36. The molecule has 0 saturated heterocycles. The van der Waals surface area contributed by atoms with Crippen LogP contribution in [-0.4, -0.2) is 19.3 Å². The first kappa shape index (κ1) is 21.0. The van der Waals surface area contributed by atoms with Crippen molar-refractivity contribution in [1.29, 1.82) is 0 Å². The summed E-state index contributed by atoms with van der Waals surface area (Å²) in [5.74, 6) is -0.318. The molecule has 31 heavy (non-hydrogen) atoms. The van der Waals surface area contributed by atoms with Crippen LogP contribution in [0.1, 0.15) is 29.8 Å². The van der Waals surface area contributed by atoms with Crippen molar-refractivity contribution in [2.75, 3.05) is 5.32 Å². The van der Waals surface area contributed by atoms with Gasteiger partial charge >= 0.3 is 0 Å². The van der Waals surface area contributed by atoms with E-state index in [0.29, 0.717) is 10.2 Å². The van der Waals surface area contributed by atoms with Gasteiger partial charge < -0.3 is 9.88 Å². The molecule has 0 aliphatic rings. The van der Waals surface area contributed by atoms with E-state index in [1.807, 2.05) is 49.7 Å². The standard InChI is InChI=1S/C23H21BrFN5O/c1-14-10-19(8-9-21(14)29-12-15(2)26-13-29)28-20-11-27-30(23(31)22(20)24)16(3)17-4-6-18(25)7-5-17/h4-13,16,28H,1-3H3. The molecule has 2 aromatic carbocycles. The van der Waals surface area contributed by atoms with E-state index >= 15 is 0 Å². The molecule has 1 N–H and O–H groups in total. The third-order valence-electron chi connectivity index (χ3n) is 5.13. The first-order valence-corrected chi connectivity index (χ1v) is 10.5. The Balaban J connectivity index is 1.60. The normalized spacial score (nSPS) is 12.0. The summed E-state index contributed by atoms with van der Waals surface area (Å²) in [6.45, 7) is 5.82. The third kappa shape index (κ3) is 4.29. The van der Waals surface area contributed by atoms with Gasteiger partial charge in [0.15, 0.2) is 0 Å². The highest BCUT2D eigenvalue weighted by atomic mass is 79.9. The Kier molecular flexibility index (Phi) is 5.73. The van der Waals surface area contributed by atoms with Crippen LogP contribution in [0.5, 0.6) is 0 Å². The van der Waals surface area contributed by atoms with Crippen molar-refractivity contribution in [3.8, 4) is 5.69 Å². The summed E-state index contributed by atoms with van der Waals surface area (Å²) >= 11 is 3.41. The van der Waals surface area contributed by atoms with Gasteiger partial charge in [-0.15, -0.1) is 0 Å². The Morgan fingerprint density at radius 3 is 2.52 bits per heavy atom. The Labute approximate surface area is 187 Å². The van der Waals surface area contributed by atoms with E-state index in [-0.39, 0.29) is 17.4 Å². The smallest absolute Gasteiger partial charge is 0.283 e. The maximum absolute atomic E-state index is 13.2. The van der Waals surface area contributed by atoms with Crippen molar-refractivity contribution in [3.63, 3.8) is 0 Å². The van der Waals surface area contributed by atoms with Crippen LogP contribution < -0.4 is 10.9 Å². The molecule has 4 rings (SSSR count). The van der Waals surface area contributed by atoms with Crippen molar-refractivity contribution in [2.45, 2.75) is 26.8 Å². The highest BCUT2D eigenvalue weighted by molar-refractivity contribution is 9.10. The SMILES string of the molecule is Cc1cn(-c2ccc(Nc3cnn(C(C)c4ccc(F)cc4)c(=O)c3Br)cc2C)cn1. The number of rotatable bonds is 5. The molecule has 0 bridgehead atoms. The summed E-state index contributed by atoms with van der Waals surface area (Å²) in [4.78, 5) is 17.2. The van der Waals surface area contributed by atoms with E-state index in [4.69, 9.17) is 0 Å². The van der Waals surface area contributed by atoms with Crippen molar-refractivity contribution >= 4 is 27.3 Å². The molecule has 1 atom stereocenters. The summed E-state index contributed by atoms with van der Waals surface area (Å²) in [7, 11) is 0. The van der Waals surface area contributed by atoms with Gasteiger partial charge in [-0.3, -0.25) is 4.79 Å². The zero-order valence-electron chi connectivity index (χ0n) is 17.3. The molecule has 8 heteroatoms. The first-order chi connectivity index (χ1) is 14.8. The van der Waals surface area contributed by atoms with Gasteiger partial charge in [0.25, 0.3) is 5.56 Å². The highest BCUT2D eigenvalue weighted by Crippen LogP contribution is 2.26. The number of hydrogen-bond donors (Lipinski definition) is 1. The Bertz CT molecular complexity index is 1300. The van der Waals surface area contributed by atoms with Gasteiger partial charge in [-0.25, -0.2) is 14.1 Å². The van der Waals surface area contributed by atoms with E-state index in [1.54, 1.807) is 24.7 Å². The maximum Gasteiger partial charge on any atom is 0.283 e. The van der Waals surface area contributed by atoms with Gasteiger partial charge in [0, 0.05) is 17.6 Å². The fraction of sp³-hybridized carbons (Fsp3) is 0.174. The molecule has 0 aliphatic carbocycles. The van der Waals surface area contributed by atoms with E-state index in [0.717, 1.165) is 28.2 Å². The molecule has 158 valence electrons. The minimum absolute atomic E-state index is 0.274. The molecule has 4 aromatic rings. The molecule has 0 fully saturated rings. The van der Waals surface area contributed by atoms with Crippen LogP contribution in [0.3, 0.4) is 0 Å². The van der Waals surface area contributed by atoms with E-state index in [2.05, 4.69) is 31.3 Å². The lowest BCUT2D eigenvalue weighted by Crippen LogP contribution is -2.27. The highest BCUT2D eigenvalue weighted by Gasteiger charge is 2.16. The fourth-order valence-corrected chi connectivity index (χ4v) is 3.80. The molecule has 0 spiro atoms. The minimum Gasteiger partial charge on any atom is -0.353 e. The van der Waals surface area contributed by atoms with Crippen molar-refractivity contribution < 1.29 is 4.39 Å². The zero-order valence-corrected chi connectivity index (χ0v) is 18.9. The average molecular weight is 482 g/mol. The topological polar surface area (TPSA) is 64.7 Å². The van der Waals surface area contributed by atoms with Gasteiger partial charge in [0.2, 0.25) is 0 Å². The second-order valence-corrected chi connectivity index (χ2v) is 8.19. The van der Waals surface area contributed by atoms with Crippen LogP contribution in [-0.2, 0) is 0 Å². The molecule has 0 saturated carbocycles. The Morgan fingerprint density at radius 1 is 1.13 bits per heavy atom. The molecule has 0 radical (unpaired) electrons. The van der Waals surface area contributed by atoms with Gasteiger partial charge in [0.1, 0.15) is 10.3 Å². The van der Waals surface area contributed by atoms with E-state index < -0.39 is 0 Å². The van der Waals surface area contributed by atoms with Gasteiger partial charge in [-0.2, -0.15) is 5.10 Å². The molecular weight excluding hydrogens is 461 g/mol. The molecule has 0 amide bonds. The molecule has 2 aromatic heterocycles. The summed E-state index contributed by atoms with van der Waals surface area (Å²) in [5, 5.41) is 7.58. The monoisotopic (exact) mass is 481 g/mol. The quantitative estimate of drug-likeness (QED) is 0.419. The molecule has 1 unspecified atom stereocenters. The van der Waals surface area contributed by atoms with Gasteiger partial charge in [-0.1, -0.05) is 12.1 Å². The predicted octanol–water partition coefficient (Wildman–Crippen LogP) is 5.30. The number of imidazole rings is 1. The van der Waals surface area contributed by atoms with Crippen LogP contribution in [0.25, 0.3) is 5.69 Å². The zero-order chi connectivity index (χ0) is 22.1. The Morgan fingerprint density at radius 2 is 1.87 bits per heavy atom. The lowest BCUT2D eigenvalue weighted by Gasteiger charge is -2.17. The summed E-state index contributed by atoms with van der Waals surface area (Å²) in [5.41, 5.74) is 4.97. The van der Waals surface area contributed by atoms with Crippen LogP contribution in [0.15, 0.2) is 70.5 Å². The largest absolute Gasteiger partial charge is 0.353 e. The predicted molar refractivity (Wildman–Crippen MR) is 123 cm³/mol. The maximum atomic E-state index is 13.2.